The number of phenols is 1. The van der Waals surface area contributed by atoms with Crippen molar-refractivity contribution in [3.8, 4) is 5.75 Å². The first-order valence-electron chi connectivity index (χ1n) is 5.45. The van der Waals surface area contributed by atoms with Crippen LogP contribution >= 0.6 is 45.7 Å². The molecule has 0 atom stereocenters. The second kappa shape index (κ2) is 7.97. The average Bonchev–Trinajstić information content (AvgIpc) is 2.62. The summed E-state index contributed by atoms with van der Waals surface area (Å²) in [4.78, 5) is 15.4. The van der Waals surface area contributed by atoms with Crippen molar-refractivity contribution in [3.05, 3.63) is 40.4 Å². The highest BCUT2D eigenvalue weighted by atomic mass is 79.9. The van der Waals surface area contributed by atoms with Gasteiger partial charge in [-0.15, -0.1) is 45.7 Å². The molecule has 106 valence electrons. The summed E-state index contributed by atoms with van der Waals surface area (Å²) in [5.41, 5.74) is 1.83. The van der Waals surface area contributed by atoms with E-state index in [0.29, 0.717) is 12.1 Å². The molecule has 1 heterocycles. The lowest BCUT2D eigenvalue weighted by molar-refractivity contribution is 0.0958. The Labute approximate surface area is 138 Å². The zero-order valence-corrected chi connectivity index (χ0v) is 15.0. The third kappa shape index (κ3) is 4.54. The first-order valence-corrected chi connectivity index (χ1v) is 6.44. The van der Waals surface area contributed by atoms with Gasteiger partial charge in [0.25, 0.3) is 0 Å². The zero-order valence-electron chi connectivity index (χ0n) is 10.8. The van der Waals surface area contributed by atoms with E-state index in [9.17, 15) is 4.79 Å². The fourth-order valence-electron chi connectivity index (χ4n) is 1.67. The largest absolute Gasteiger partial charge is 0.508 e. The number of aromatic hydroxyl groups is 1. The highest BCUT2D eigenvalue weighted by Gasteiger charge is 2.19. The number of nitrogens with zero attached hydrogens (tertiary/aromatic N) is 1. The van der Waals surface area contributed by atoms with Gasteiger partial charge < -0.3 is 10.0 Å². The first-order chi connectivity index (χ1) is 8.08. The van der Waals surface area contributed by atoms with Gasteiger partial charge in [0.2, 0.25) is 0 Å². The molecule has 19 heavy (non-hydrogen) atoms. The van der Waals surface area contributed by atoms with Crippen LogP contribution in [0.3, 0.4) is 0 Å². The third-order valence-corrected chi connectivity index (χ3v) is 4.11. The Hall–Kier alpha value is -0.460. The SMILES string of the molecule is Br.Br.CC1=C(C)N(CC(=O)c2ccc(O)cc2)CS1. The number of halogens is 2. The van der Waals surface area contributed by atoms with E-state index in [1.165, 1.54) is 10.6 Å². The number of allylic oxidation sites excluding steroid dienone is 2. The molecule has 2 rings (SSSR count). The van der Waals surface area contributed by atoms with Gasteiger partial charge in [-0.05, 0) is 38.1 Å². The zero-order chi connectivity index (χ0) is 12.4. The van der Waals surface area contributed by atoms with Crippen LogP contribution in [0.2, 0.25) is 0 Å². The maximum absolute atomic E-state index is 12.0. The number of thioether (sulfide) groups is 1. The number of carbonyl (C=O) groups excluding carboxylic acids is 1. The molecule has 0 fully saturated rings. The van der Waals surface area contributed by atoms with E-state index in [1.54, 1.807) is 36.0 Å². The number of carbonyl (C=O) groups is 1. The van der Waals surface area contributed by atoms with Crippen LogP contribution in [0.25, 0.3) is 0 Å². The van der Waals surface area contributed by atoms with E-state index >= 15 is 0 Å². The molecule has 0 saturated heterocycles. The fraction of sp³-hybridized carbons (Fsp3) is 0.308. The van der Waals surface area contributed by atoms with E-state index < -0.39 is 0 Å². The van der Waals surface area contributed by atoms with Crippen molar-refractivity contribution in [1.82, 2.24) is 4.90 Å². The Morgan fingerprint density at radius 2 is 1.84 bits per heavy atom. The Morgan fingerprint density at radius 1 is 1.26 bits per heavy atom. The molecule has 0 spiro atoms. The Morgan fingerprint density at radius 3 is 2.32 bits per heavy atom. The molecule has 1 N–H and O–H groups in total. The summed E-state index contributed by atoms with van der Waals surface area (Å²) in [5, 5.41) is 9.17. The van der Waals surface area contributed by atoms with Gasteiger partial charge in [0, 0.05) is 16.2 Å². The van der Waals surface area contributed by atoms with Crippen LogP contribution in [-0.2, 0) is 0 Å². The summed E-state index contributed by atoms with van der Waals surface area (Å²) < 4.78 is 0. The molecule has 0 bridgehead atoms. The number of ketones is 1. The lowest BCUT2D eigenvalue weighted by Crippen LogP contribution is -2.25. The lowest BCUT2D eigenvalue weighted by atomic mass is 10.1. The molecule has 3 nitrogen and oxygen atoms in total. The molecule has 1 aliphatic heterocycles. The summed E-state index contributed by atoms with van der Waals surface area (Å²) in [6.07, 6.45) is 0. The third-order valence-electron chi connectivity index (χ3n) is 2.94. The van der Waals surface area contributed by atoms with Gasteiger partial charge in [0.05, 0.1) is 12.4 Å². The molecule has 1 aromatic rings. The van der Waals surface area contributed by atoms with E-state index in [2.05, 4.69) is 11.8 Å². The van der Waals surface area contributed by atoms with Gasteiger partial charge in [0.1, 0.15) is 5.75 Å². The number of Topliss-reactive ketones (excluding diaryl/α,β-unsaturated/α-hetero) is 1. The summed E-state index contributed by atoms with van der Waals surface area (Å²) >= 11 is 1.77. The minimum atomic E-state index is 0. The molecular formula is C13H17Br2NO2S. The number of phenolic OH excluding ortho intramolecular Hbond substituents is 1. The van der Waals surface area contributed by atoms with E-state index in [4.69, 9.17) is 5.11 Å². The second-order valence-corrected chi connectivity index (χ2v) is 5.24. The predicted molar refractivity (Wildman–Crippen MR) is 90.6 cm³/mol. The topological polar surface area (TPSA) is 40.5 Å². The van der Waals surface area contributed by atoms with Gasteiger partial charge in [-0.3, -0.25) is 4.79 Å². The Balaban J connectivity index is 0.00000162. The Bertz CT molecular complexity index is 474. The van der Waals surface area contributed by atoms with Crippen LogP contribution in [-0.4, -0.2) is 28.2 Å². The smallest absolute Gasteiger partial charge is 0.182 e. The van der Waals surface area contributed by atoms with Crippen LogP contribution < -0.4 is 0 Å². The molecule has 1 aromatic carbocycles. The van der Waals surface area contributed by atoms with Crippen LogP contribution in [0, 0.1) is 0 Å². The highest BCUT2D eigenvalue weighted by Crippen LogP contribution is 2.30. The number of benzene rings is 1. The van der Waals surface area contributed by atoms with Gasteiger partial charge in [-0.25, -0.2) is 0 Å². The Kier molecular flexibility index (Phi) is 7.78. The quantitative estimate of drug-likeness (QED) is 0.764. The molecule has 0 radical (unpaired) electrons. The molecule has 0 saturated carbocycles. The van der Waals surface area contributed by atoms with Crippen molar-refractivity contribution < 1.29 is 9.90 Å². The monoisotopic (exact) mass is 409 g/mol. The summed E-state index contributed by atoms with van der Waals surface area (Å²) in [5.74, 6) is 1.12. The van der Waals surface area contributed by atoms with Crippen molar-refractivity contribution >= 4 is 51.5 Å². The predicted octanol–water partition coefficient (Wildman–Crippen LogP) is 3.99. The van der Waals surface area contributed by atoms with Crippen molar-refractivity contribution in [1.29, 1.82) is 0 Å². The highest BCUT2D eigenvalue weighted by molar-refractivity contribution is 8.93. The van der Waals surface area contributed by atoms with Crippen LogP contribution in [0.4, 0.5) is 0 Å². The van der Waals surface area contributed by atoms with E-state index in [0.717, 1.165) is 5.88 Å². The van der Waals surface area contributed by atoms with Crippen LogP contribution in [0.5, 0.6) is 5.75 Å². The minimum Gasteiger partial charge on any atom is -0.508 e. The normalized spacial score (nSPS) is 13.9. The summed E-state index contributed by atoms with van der Waals surface area (Å²) in [6, 6.07) is 6.40. The maximum atomic E-state index is 12.0. The summed E-state index contributed by atoms with van der Waals surface area (Å²) in [7, 11) is 0. The van der Waals surface area contributed by atoms with Crippen molar-refractivity contribution in [2.24, 2.45) is 0 Å². The van der Waals surface area contributed by atoms with Crippen LogP contribution in [0.1, 0.15) is 24.2 Å². The summed E-state index contributed by atoms with van der Waals surface area (Å²) in [6.45, 7) is 4.52. The average molecular weight is 411 g/mol. The molecule has 0 unspecified atom stereocenters. The molecule has 0 amide bonds. The van der Waals surface area contributed by atoms with Crippen molar-refractivity contribution in [2.45, 2.75) is 13.8 Å². The first kappa shape index (κ1) is 18.5. The van der Waals surface area contributed by atoms with Gasteiger partial charge in [-0.2, -0.15) is 0 Å². The van der Waals surface area contributed by atoms with Gasteiger partial charge in [-0.1, -0.05) is 0 Å². The van der Waals surface area contributed by atoms with Gasteiger partial charge >= 0.3 is 0 Å². The minimum absolute atomic E-state index is 0. The second-order valence-electron chi connectivity index (χ2n) is 4.08. The van der Waals surface area contributed by atoms with Gasteiger partial charge in [0.15, 0.2) is 5.78 Å². The van der Waals surface area contributed by atoms with E-state index in [1.807, 2.05) is 6.92 Å². The number of rotatable bonds is 3. The standard InChI is InChI=1S/C13H15NO2S.2BrH/c1-9-10(2)17-8-14(9)7-13(16)11-3-5-12(15)6-4-11;;/h3-6,15H,7-8H2,1-2H3;2*1H. The van der Waals surface area contributed by atoms with Crippen molar-refractivity contribution in [2.75, 3.05) is 12.4 Å². The lowest BCUT2D eigenvalue weighted by Gasteiger charge is -2.18. The fourth-order valence-corrected chi connectivity index (χ4v) is 2.65. The van der Waals surface area contributed by atoms with Crippen LogP contribution in [0.15, 0.2) is 34.9 Å². The molecular weight excluding hydrogens is 394 g/mol. The maximum Gasteiger partial charge on any atom is 0.182 e. The number of hydrogen-bond acceptors (Lipinski definition) is 4. The molecule has 0 aromatic heterocycles. The van der Waals surface area contributed by atoms with Crippen molar-refractivity contribution in [3.63, 3.8) is 0 Å². The number of hydrogen-bond donors (Lipinski definition) is 1. The van der Waals surface area contributed by atoms with E-state index in [-0.39, 0.29) is 45.5 Å². The molecule has 0 aliphatic carbocycles. The molecule has 1 aliphatic rings. The molecule has 6 heteroatoms.